The molecule has 25 heavy (non-hydrogen) atoms. The number of carbonyl (C=O) groups excluding carboxylic acids is 1. The van der Waals surface area contributed by atoms with Crippen molar-refractivity contribution in [2.45, 2.75) is 38.8 Å². The monoisotopic (exact) mass is 334 g/mol. The van der Waals surface area contributed by atoms with Gasteiger partial charge in [-0.05, 0) is 44.9 Å². The Morgan fingerprint density at radius 2 is 1.84 bits per heavy atom. The summed E-state index contributed by atoms with van der Waals surface area (Å²) in [5.74, 6) is -0.554. The van der Waals surface area contributed by atoms with Crippen molar-refractivity contribution in [2.24, 2.45) is 21.0 Å². The molecule has 0 radical (unpaired) electrons. The summed E-state index contributed by atoms with van der Waals surface area (Å²) in [6, 6.07) is 14.7. The van der Waals surface area contributed by atoms with Crippen LogP contribution in [0.5, 0.6) is 0 Å². The second-order valence-corrected chi connectivity index (χ2v) is 7.00. The number of nitrogens with two attached hydrogens (primary N) is 1. The molecule has 1 heterocycles. The molecule has 1 aliphatic rings. The molecule has 0 saturated heterocycles. The Kier molecular flexibility index (Phi) is 4.49. The van der Waals surface area contributed by atoms with Crippen LogP contribution in [0.15, 0.2) is 63.8 Å². The van der Waals surface area contributed by atoms with Crippen molar-refractivity contribution in [1.82, 2.24) is 0 Å². The number of carbonyl (C=O) groups is 1. The first-order valence-electron chi connectivity index (χ1n) is 8.30. The minimum absolute atomic E-state index is 0.309. The highest BCUT2D eigenvalue weighted by Gasteiger charge is 2.33. The highest BCUT2D eigenvalue weighted by atomic mass is 16.1. The minimum Gasteiger partial charge on any atom is -0.367 e. The van der Waals surface area contributed by atoms with E-state index in [1.807, 2.05) is 63.2 Å². The Hall–Kier alpha value is -2.82. The van der Waals surface area contributed by atoms with Gasteiger partial charge in [0.2, 0.25) is 5.91 Å². The summed E-state index contributed by atoms with van der Waals surface area (Å²) in [5, 5.41) is 8.44. The number of benzene rings is 2. The molecule has 2 aromatic rings. The van der Waals surface area contributed by atoms with Crippen LogP contribution in [0, 0.1) is 6.92 Å². The molecule has 5 heteroatoms. The third kappa shape index (κ3) is 3.82. The van der Waals surface area contributed by atoms with Gasteiger partial charge in [0.15, 0.2) is 6.04 Å². The number of hydrogen-bond donors (Lipinski definition) is 1. The fourth-order valence-electron chi connectivity index (χ4n) is 3.01. The van der Waals surface area contributed by atoms with Gasteiger partial charge >= 0.3 is 0 Å². The van der Waals surface area contributed by atoms with Crippen molar-refractivity contribution >= 4 is 17.3 Å². The average Bonchev–Trinajstić information content (AvgIpc) is 2.55. The molecule has 2 aromatic carbocycles. The van der Waals surface area contributed by atoms with Crippen LogP contribution in [0.4, 0.5) is 5.69 Å². The van der Waals surface area contributed by atoms with Gasteiger partial charge in [-0.1, -0.05) is 42.0 Å². The van der Waals surface area contributed by atoms with Gasteiger partial charge in [-0.15, -0.1) is 0 Å². The van der Waals surface area contributed by atoms with E-state index in [9.17, 15) is 4.79 Å². The van der Waals surface area contributed by atoms with Crippen molar-refractivity contribution in [3.05, 3.63) is 65.2 Å². The van der Waals surface area contributed by atoms with Crippen LogP contribution in [-0.4, -0.2) is 23.2 Å². The van der Waals surface area contributed by atoms with Crippen LogP contribution < -0.4 is 5.73 Å². The Balaban J connectivity index is 2.01. The molecule has 0 fully saturated rings. The fraction of sp³-hybridized carbons (Fsp3) is 0.300. The highest BCUT2D eigenvalue weighted by molar-refractivity contribution is 6.17. The Morgan fingerprint density at radius 3 is 2.52 bits per heavy atom. The molecule has 0 saturated carbocycles. The smallest absolute Gasteiger partial charge is 0.250 e. The number of aryl methyl sites for hydroxylation is 1. The summed E-state index contributed by atoms with van der Waals surface area (Å²) in [7, 11) is 0. The molecule has 0 aromatic heterocycles. The highest BCUT2D eigenvalue weighted by Crippen LogP contribution is 2.29. The lowest BCUT2D eigenvalue weighted by molar-refractivity contribution is -0.117. The number of nitrogens with zero attached hydrogens (tertiary/aromatic N) is 3. The van der Waals surface area contributed by atoms with E-state index in [2.05, 4.69) is 16.3 Å². The van der Waals surface area contributed by atoms with Crippen molar-refractivity contribution in [3.63, 3.8) is 0 Å². The molecule has 1 unspecified atom stereocenters. The zero-order valence-corrected chi connectivity index (χ0v) is 14.7. The summed E-state index contributed by atoms with van der Waals surface area (Å²) >= 11 is 0. The Bertz CT molecular complexity index is 850. The standard InChI is InChI=1S/C20H22N4O/c1-13-8-10-15(11-9-13)23-24-18(19(21)25)17-16-7-5-4-6-14(16)12-20(2,3)22-17/h4-11,18H,12H2,1-3H3,(H2,21,25). The number of primary amides is 1. The first-order chi connectivity index (χ1) is 11.9. The molecule has 0 aliphatic carbocycles. The van der Waals surface area contributed by atoms with E-state index >= 15 is 0 Å². The van der Waals surface area contributed by atoms with Crippen molar-refractivity contribution in [2.75, 3.05) is 0 Å². The first kappa shape index (κ1) is 17.0. The summed E-state index contributed by atoms with van der Waals surface area (Å²) < 4.78 is 0. The first-order valence-corrected chi connectivity index (χ1v) is 8.30. The molecule has 0 bridgehead atoms. The molecule has 2 N–H and O–H groups in total. The zero-order chi connectivity index (χ0) is 18.0. The van der Waals surface area contributed by atoms with Crippen LogP contribution in [0.25, 0.3) is 0 Å². The van der Waals surface area contributed by atoms with Gasteiger partial charge in [0, 0.05) is 5.56 Å². The van der Waals surface area contributed by atoms with Gasteiger partial charge < -0.3 is 5.73 Å². The van der Waals surface area contributed by atoms with Crippen LogP contribution >= 0.6 is 0 Å². The van der Waals surface area contributed by atoms with Crippen LogP contribution in [0.2, 0.25) is 0 Å². The molecular weight excluding hydrogens is 312 g/mol. The number of rotatable bonds is 4. The summed E-state index contributed by atoms with van der Waals surface area (Å²) in [6.45, 7) is 6.08. The van der Waals surface area contributed by atoms with Gasteiger partial charge in [0.05, 0.1) is 16.9 Å². The maximum Gasteiger partial charge on any atom is 0.250 e. The van der Waals surface area contributed by atoms with Gasteiger partial charge in [0.1, 0.15) is 0 Å². The van der Waals surface area contributed by atoms with E-state index in [0.29, 0.717) is 11.4 Å². The average molecular weight is 334 g/mol. The second kappa shape index (κ2) is 6.59. The molecule has 3 rings (SSSR count). The number of fused-ring (bicyclic) bond motifs is 1. The maximum absolute atomic E-state index is 12.1. The van der Waals surface area contributed by atoms with Crippen molar-refractivity contribution in [3.8, 4) is 0 Å². The van der Waals surface area contributed by atoms with E-state index in [-0.39, 0.29) is 5.54 Å². The van der Waals surface area contributed by atoms with E-state index in [0.717, 1.165) is 23.1 Å². The topological polar surface area (TPSA) is 80.2 Å². The number of amides is 1. The lowest BCUT2D eigenvalue weighted by atomic mass is 9.85. The number of azo groups is 1. The largest absolute Gasteiger partial charge is 0.367 e. The van der Waals surface area contributed by atoms with E-state index in [1.165, 1.54) is 0 Å². The lowest BCUT2D eigenvalue weighted by Crippen LogP contribution is -2.40. The normalized spacial score (nSPS) is 17.0. The molecule has 5 nitrogen and oxygen atoms in total. The lowest BCUT2D eigenvalue weighted by Gasteiger charge is -2.30. The van der Waals surface area contributed by atoms with Gasteiger partial charge in [-0.3, -0.25) is 9.79 Å². The second-order valence-electron chi connectivity index (χ2n) is 7.00. The fourth-order valence-corrected chi connectivity index (χ4v) is 3.01. The van der Waals surface area contributed by atoms with E-state index in [4.69, 9.17) is 10.7 Å². The number of hydrogen-bond acceptors (Lipinski definition) is 4. The molecule has 0 spiro atoms. The van der Waals surface area contributed by atoms with Crippen LogP contribution in [0.1, 0.15) is 30.5 Å². The van der Waals surface area contributed by atoms with Crippen LogP contribution in [-0.2, 0) is 11.2 Å². The SMILES string of the molecule is Cc1ccc(N=NC(C(N)=O)C2=NC(C)(C)Cc3ccccc32)cc1. The Labute approximate surface area is 147 Å². The number of aliphatic imine (C=N–C) groups is 1. The third-order valence-electron chi connectivity index (χ3n) is 4.19. The summed E-state index contributed by atoms with van der Waals surface area (Å²) in [6.07, 6.45) is 0.813. The van der Waals surface area contributed by atoms with Gasteiger partial charge in [0.25, 0.3) is 0 Å². The predicted molar refractivity (Wildman–Crippen MR) is 99.4 cm³/mol. The zero-order valence-electron chi connectivity index (χ0n) is 14.7. The van der Waals surface area contributed by atoms with Crippen molar-refractivity contribution < 1.29 is 4.79 Å². The molecule has 128 valence electrons. The summed E-state index contributed by atoms with van der Waals surface area (Å²) in [5.41, 5.74) is 9.80. The maximum atomic E-state index is 12.1. The Morgan fingerprint density at radius 1 is 1.16 bits per heavy atom. The molecular formula is C20H22N4O. The molecule has 1 atom stereocenters. The predicted octanol–water partition coefficient (Wildman–Crippen LogP) is 3.76. The van der Waals surface area contributed by atoms with Gasteiger partial charge in [-0.2, -0.15) is 10.2 Å². The van der Waals surface area contributed by atoms with Gasteiger partial charge in [-0.25, -0.2) is 0 Å². The van der Waals surface area contributed by atoms with E-state index < -0.39 is 11.9 Å². The van der Waals surface area contributed by atoms with Crippen molar-refractivity contribution in [1.29, 1.82) is 0 Å². The molecule has 1 amide bonds. The van der Waals surface area contributed by atoms with Crippen LogP contribution in [0.3, 0.4) is 0 Å². The molecule has 1 aliphatic heterocycles. The minimum atomic E-state index is -0.901. The van der Waals surface area contributed by atoms with E-state index in [1.54, 1.807) is 0 Å². The summed E-state index contributed by atoms with van der Waals surface area (Å²) in [4.78, 5) is 16.8. The third-order valence-corrected chi connectivity index (χ3v) is 4.19. The quantitative estimate of drug-likeness (QED) is 0.849.